The summed E-state index contributed by atoms with van der Waals surface area (Å²) in [6, 6.07) is 10.4. The van der Waals surface area contributed by atoms with E-state index in [1.165, 1.54) is 11.1 Å². The molecule has 0 radical (unpaired) electrons. The lowest BCUT2D eigenvalue weighted by Gasteiger charge is -2.23. The predicted octanol–water partition coefficient (Wildman–Crippen LogP) is 3.49. The summed E-state index contributed by atoms with van der Waals surface area (Å²) < 4.78 is 0. The van der Waals surface area contributed by atoms with Gasteiger partial charge in [0.15, 0.2) is 0 Å². The summed E-state index contributed by atoms with van der Waals surface area (Å²) in [4.78, 5) is 6.58. The van der Waals surface area contributed by atoms with E-state index >= 15 is 0 Å². The van der Waals surface area contributed by atoms with Gasteiger partial charge in [-0.2, -0.15) is 0 Å². The minimum atomic E-state index is -0.0305. The van der Waals surface area contributed by atoms with Crippen LogP contribution < -0.4 is 10.6 Å². The molecule has 1 atom stereocenters. The van der Waals surface area contributed by atoms with Gasteiger partial charge in [0.2, 0.25) is 0 Å². The monoisotopic (exact) mass is 255 g/mol. The number of hydrogen-bond donors (Lipinski definition) is 1. The number of rotatable bonds is 3. The molecular formula is C16H21N3. The van der Waals surface area contributed by atoms with Gasteiger partial charge in [-0.05, 0) is 50.1 Å². The van der Waals surface area contributed by atoms with Gasteiger partial charge in [-0.15, -0.1) is 0 Å². The third-order valence-corrected chi connectivity index (χ3v) is 3.22. The second-order valence-corrected chi connectivity index (χ2v) is 5.11. The van der Waals surface area contributed by atoms with Crippen LogP contribution in [0.25, 0.3) is 0 Å². The topological polar surface area (TPSA) is 42.2 Å². The molecule has 0 spiro atoms. The van der Waals surface area contributed by atoms with Gasteiger partial charge in [-0.1, -0.05) is 12.1 Å². The molecule has 0 bridgehead atoms. The van der Waals surface area contributed by atoms with Crippen molar-refractivity contribution < 1.29 is 0 Å². The molecular weight excluding hydrogens is 234 g/mol. The van der Waals surface area contributed by atoms with Crippen LogP contribution >= 0.6 is 0 Å². The normalized spacial score (nSPS) is 12.3. The maximum Gasteiger partial charge on any atom is 0.137 e. The SMILES string of the molecule is Cc1cc(C)cc(N(C)c2ncccc2C(C)N)c1. The largest absolute Gasteiger partial charge is 0.329 e. The highest BCUT2D eigenvalue weighted by Gasteiger charge is 2.13. The molecule has 100 valence electrons. The highest BCUT2D eigenvalue weighted by molar-refractivity contribution is 5.64. The number of hydrogen-bond acceptors (Lipinski definition) is 3. The molecule has 0 saturated carbocycles. The summed E-state index contributed by atoms with van der Waals surface area (Å²) in [5.74, 6) is 0.919. The van der Waals surface area contributed by atoms with E-state index in [2.05, 4.69) is 41.9 Å². The lowest BCUT2D eigenvalue weighted by Crippen LogP contribution is -2.17. The fourth-order valence-electron chi connectivity index (χ4n) is 2.31. The number of aromatic nitrogens is 1. The van der Waals surface area contributed by atoms with E-state index in [0.29, 0.717) is 0 Å². The summed E-state index contributed by atoms with van der Waals surface area (Å²) >= 11 is 0. The second-order valence-electron chi connectivity index (χ2n) is 5.11. The maximum absolute atomic E-state index is 6.02. The highest BCUT2D eigenvalue weighted by Crippen LogP contribution is 2.28. The van der Waals surface area contributed by atoms with Crippen molar-refractivity contribution >= 4 is 11.5 Å². The maximum atomic E-state index is 6.02. The van der Waals surface area contributed by atoms with Crippen LogP contribution in [0.3, 0.4) is 0 Å². The van der Waals surface area contributed by atoms with Crippen molar-refractivity contribution in [2.75, 3.05) is 11.9 Å². The average Bonchev–Trinajstić information content (AvgIpc) is 2.36. The molecule has 0 saturated heterocycles. The quantitative estimate of drug-likeness (QED) is 0.913. The van der Waals surface area contributed by atoms with Gasteiger partial charge in [0.05, 0.1) is 0 Å². The zero-order chi connectivity index (χ0) is 14.0. The van der Waals surface area contributed by atoms with E-state index in [1.807, 2.05) is 26.1 Å². The Morgan fingerprint density at radius 3 is 2.37 bits per heavy atom. The summed E-state index contributed by atoms with van der Waals surface area (Å²) in [6.45, 7) is 6.19. The zero-order valence-electron chi connectivity index (χ0n) is 12.0. The lowest BCUT2D eigenvalue weighted by molar-refractivity contribution is 0.807. The minimum absolute atomic E-state index is 0.0305. The first-order chi connectivity index (χ1) is 8.99. The molecule has 2 aromatic rings. The Kier molecular flexibility index (Phi) is 3.86. The minimum Gasteiger partial charge on any atom is -0.329 e. The molecule has 0 fully saturated rings. The van der Waals surface area contributed by atoms with Gasteiger partial charge in [0, 0.05) is 30.5 Å². The van der Waals surface area contributed by atoms with Crippen molar-refractivity contribution in [3.05, 3.63) is 53.2 Å². The van der Waals surface area contributed by atoms with Gasteiger partial charge in [0.1, 0.15) is 5.82 Å². The number of pyridine rings is 1. The Labute approximate surface area is 115 Å². The molecule has 0 aliphatic heterocycles. The summed E-state index contributed by atoms with van der Waals surface area (Å²) in [5, 5.41) is 0. The van der Waals surface area contributed by atoms with Crippen LogP contribution in [-0.2, 0) is 0 Å². The molecule has 0 aliphatic rings. The number of nitrogens with two attached hydrogens (primary N) is 1. The first-order valence-electron chi connectivity index (χ1n) is 6.51. The molecule has 1 aromatic heterocycles. The summed E-state index contributed by atoms with van der Waals surface area (Å²) in [6.07, 6.45) is 1.81. The molecule has 1 aromatic carbocycles. The average molecular weight is 255 g/mol. The van der Waals surface area contributed by atoms with E-state index in [0.717, 1.165) is 17.1 Å². The van der Waals surface area contributed by atoms with Gasteiger partial charge in [-0.3, -0.25) is 0 Å². The van der Waals surface area contributed by atoms with Gasteiger partial charge in [-0.25, -0.2) is 4.98 Å². The van der Waals surface area contributed by atoms with E-state index in [-0.39, 0.29) is 6.04 Å². The molecule has 19 heavy (non-hydrogen) atoms. The van der Waals surface area contributed by atoms with E-state index < -0.39 is 0 Å². The predicted molar refractivity (Wildman–Crippen MR) is 80.8 cm³/mol. The lowest BCUT2D eigenvalue weighted by atomic mass is 10.1. The Morgan fingerprint density at radius 2 is 1.79 bits per heavy atom. The van der Waals surface area contributed by atoms with Crippen molar-refractivity contribution in [3.8, 4) is 0 Å². The smallest absolute Gasteiger partial charge is 0.137 e. The van der Waals surface area contributed by atoms with Crippen LogP contribution in [0.15, 0.2) is 36.5 Å². The highest BCUT2D eigenvalue weighted by atomic mass is 15.2. The van der Waals surface area contributed by atoms with E-state index in [4.69, 9.17) is 5.73 Å². The van der Waals surface area contributed by atoms with E-state index in [1.54, 1.807) is 6.20 Å². The van der Waals surface area contributed by atoms with Crippen molar-refractivity contribution in [2.45, 2.75) is 26.8 Å². The first kappa shape index (κ1) is 13.6. The number of anilines is 2. The zero-order valence-corrected chi connectivity index (χ0v) is 12.0. The van der Waals surface area contributed by atoms with Crippen molar-refractivity contribution in [1.29, 1.82) is 0 Å². The van der Waals surface area contributed by atoms with Crippen LogP contribution in [0, 0.1) is 13.8 Å². The van der Waals surface area contributed by atoms with Crippen LogP contribution in [0.4, 0.5) is 11.5 Å². The van der Waals surface area contributed by atoms with Crippen LogP contribution in [0.1, 0.15) is 29.7 Å². The molecule has 1 unspecified atom stereocenters. The fourth-order valence-corrected chi connectivity index (χ4v) is 2.31. The molecule has 0 amide bonds. The van der Waals surface area contributed by atoms with Crippen LogP contribution in [0.2, 0.25) is 0 Å². The number of benzene rings is 1. The number of aryl methyl sites for hydroxylation is 2. The van der Waals surface area contributed by atoms with Gasteiger partial charge in [0.25, 0.3) is 0 Å². The molecule has 2 rings (SSSR count). The third kappa shape index (κ3) is 2.93. The van der Waals surface area contributed by atoms with Crippen molar-refractivity contribution in [3.63, 3.8) is 0 Å². The Bertz CT molecular complexity index is 556. The Balaban J connectivity index is 2.46. The first-order valence-corrected chi connectivity index (χ1v) is 6.51. The standard InChI is InChI=1S/C16H21N3/c1-11-8-12(2)10-14(9-11)19(4)16-15(13(3)17)6-5-7-18-16/h5-10,13H,17H2,1-4H3. The number of nitrogens with zero attached hydrogens (tertiary/aromatic N) is 2. The third-order valence-electron chi connectivity index (χ3n) is 3.22. The summed E-state index contributed by atoms with van der Waals surface area (Å²) in [5.41, 5.74) is 10.7. The van der Waals surface area contributed by atoms with Gasteiger partial charge < -0.3 is 10.6 Å². The fraction of sp³-hybridized carbons (Fsp3) is 0.312. The van der Waals surface area contributed by atoms with Gasteiger partial charge >= 0.3 is 0 Å². The molecule has 3 nitrogen and oxygen atoms in total. The molecule has 2 N–H and O–H groups in total. The molecule has 3 heteroatoms. The van der Waals surface area contributed by atoms with Crippen LogP contribution in [-0.4, -0.2) is 12.0 Å². The van der Waals surface area contributed by atoms with Crippen molar-refractivity contribution in [1.82, 2.24) is 4.98 Å². The second kappa shape index (κ2) is 5.41. The van der Waals surface area contributed by atoms with Crippen LogP contribution in [0.5, 0.6) is 0 Å². The Morgan fingerprint density at radius 1 is 1.16 bits per heavy atom. The van der Waals surface area contributed by atoms with Crippen molar-refractivity contribution in [2.24, 2.45) is 5.73 Å². The molecule has 0 aliphatic carbocycles. The van der Waals surface area contributed by atoms with E-state index in [9.17, 15) is 0 Å². The summed E-state index contributed by atoms with van der Waals surface area (Å²) in [7, 11) is 2.03. The molecule has 1 heterocycles. The Hall–Kier alpha value is -1.87.